The molecule has 3 aliphatic rings. The predicted molar refractivity (Wildman–Crippen MR) is 115 cm³/mol. The van der Waals surface area contributed by atoms with Gasteiger partial charge in [-0.25, -0.2) is 5.01 Å². The van der Waals surface area contributed by atoms with Crippen LogP contribution in [0.5, 0.6) is 11.5 Å². The van der Waals surface area contributed by atoms with Crippen LogP contribution in [-0.2, 0) is 4.79 Å². The zero-order valence-corrected chi connectivity index (χ0v) is 17.3. The van der Waals surface area contributed by atoms with Gasteiger partial charge in [0.2, 0.25) is 6.79 Å². The van der Waals surface area contributed by atoms with Gasteiger partial charge in [0.1, 0.15) is 0 Å². The number of rotatable bonds is 4. The van der Waals surface area contributed by atoms with E-state index in [1.54, 1.807) is 5.01 Å². The minimum Gasteiger partial charge on any atom is -0.454 e. The highest BCUT2D eigenvalue weighted by molar-refractivity contribution is 6.03. The first-order valence-electron chi connectivity index (χ1n) is 10.7. The highest BCUT2D eigenvalue weighted by Crippen LogP contribution is 2.39. The minimum atomic E-state index is -0.133. The second-order valence-electron chi connectivity index (χ2n) is 8.44. The Kier molecular flexibility index (Phi) is 5.17. The van der Waals surface area contributed by atoms with E-state index >= 15 is 0 Å². The average molecular weight is 405 g/mol. The second kappa shape index (κ2) is 8.11. The molecule has 1 saturated heterocycles. The molecule has 6 nitrogen and oxygen atoms in total. The summed E-state index contributed by atoms with van der Waals surface area (Å²) in [5.74, 6) is 2.28. The Labute approximate surface area is 177 Å². The van der Waals surface area contributed by atoms with E-state index in [0.29, 0.717) is 13.0 Å². The summed E-state index contributed by atoms with van der Waals surface area (Å²) in [6, 6.07) is 15.9. The molecule has 3 aliphatic heterocycles. The molecule has 0 radical (unpaired) electrons. The van der Waals surface area contributed by atoms with Crippen molar-refractivity contribution >= 4 is 11.6 Å². The van der Waals surface area contributed by atoms with E-state index in [4.69, 9.17) is 14.6 Å². The Bertz CT molecular complexity index is 951. The van der Waals surface area contributed by atoms with Crippen LogP contribution in [0.15, 0.2) is 53.6 Å². The third-order valence-electron chi connectivity index (χ3n) is 6.29. The van der Waals surface area contributed by atoms with E-state index in [0.717, 1.165) is 60.2 Å². The van der Waals surface area contributed by atoms with Gasteiger partial charge < -0.3 is 9.47 Å². The minimum absolute atomic E-state index is 0.0538. The number of amides is 1. The van der Waals surface area contributed by atoms with Gasteiger partial charge in [-0.05, 0) is 55.1 Å². The first-order valence-corrected chi connectivity index (χ1v) is 10.7. The lowest BCUT2D eigenvalue weighted by atomic mass is 9.97. The number of piperidine rings is 1. The van der Waals surface area contributed by atoms with Crippen LogP contribution < -0.4 is 9.47 Å². The van der Waals surface area contributed by atoms with Crippen molar-refractivity contribution in [1.29, 1.82) is 0 Å². The number of carbonyl (C=O) groups excluding carboxylic acids is 1. The Balaban J connectivity index is 1.41. The molecule has 0 spiro atoms. The fourth-order valence-electron chi connectivity index (χ4n) is 4.41. The monoisotopic (exact) mass is 405 g/mol. The van der Waals surface area contributed by atoms with Gasteiger partial charge in [-0.15, -0.1) is 0 Å². The number of benzene rings is 2. The van der Waals surface area contributed by atoms with Gasteiger partial charge in [-0.2, -0.15) is 5.10 Å². The molecule has 1 fully saturated rings. The van der Waals surface area contributed by atoms with Gasteiger partial charge in [-0.1, -0.05) is 43.3 Å². The Hall–Kier alpha value is -2.86. The molecular formula is C24H27N3O3. The number of carbonyl (C=O) groups is 1. The van der Waals surface area contributed by atoms with Crippen LogP contribution in [0.3, 0.4) is 0 Å². The van der Waals surface area contributed by atoms with E-state index in [-0.39, 0.29) is 18.7 Å². The van der Waals surface area contributed by atoms with Crippen LogP contribution in [0.2, 0.25) is 0 Å². The molecule has 0 bridgehead atoms. The number of hydrogen-bond donors (Lipinski definition) is 0. The summed E-state index contributed by atoms with van der Waals surface area (Å²) >= 11 is 0. The highest BCUT2D eigenvalue weighted by Gasteiger charge is 2.35. The highest BCUT2D eigenvalue weighted by atomic mass is 16.7. The maximum Gasteiger partial charge on any atom is 0.257 e. The molecule has 2 aromatic rings. The van der Waals surface area contributed by atoms with E-state index in [2.05, 4.69) is 24.0 Å². The van der Waals surface area contributed by atoms with Gasteiger partial charge in [0.25, 0.3) is 5.91 Å². The Morgan fingerprint density at radius 2 is 1.83 bits per heavy atom. The van der Waals surface area contributed by atoms with Crippen LogP contribution in [-0.4, -0.2) is 48.0 Å². The second-order valence-corrected chi connectivity index (χ2v) is 8.44. The maximum atomic E-state index is 13.3. The molecule has 1 amide bonds. The van der Waals surface area contributed by atoms with Crippen molar-refractivity contribution in [1.82, 2.24) is 9.91 Å². The van der Waals surface area contributed by atoms with E-state index < -0.39 is 0 Å². The van der Waals surface area contributed by atoms with Gasteiger partial charge in [0, 0.05) is 6.42 Å². The molecule has 2 aromatic carbocycles. The topological polar surface area (TPSA) is 54.4 Å². The number of hydrazone groups is 1. The molecule has 0 aliphatic carbocycles. The lowest BCUT2D eigenvalue weighted by Gasteiger charge is -2.31. The molecule has 5 rings (SSSR count). The van der Waals surface area contributed by atoms with Crippen LogP contribution >= 0.6 is 0 Å². The number of hydrogen-bond acceptors (Lipinski definition) is 5. The molecule has 0 saturated carbocycles. The van der Waals surface area contributed by atoms with E-state index in [9.17, 15) is 4.79 Å². The molecule has 0 N–H and O–H groups in total. The van der Waals surface area contributed by atoms with Crippen molar-refractivity contribution in [2.45, 2.75) is 32.2 Å². The van der Waals surface area contributed by atoms with E-state index in [1.807, 2.05) is 36.4 Å². The van der Waals surface area contributed by atoms with Gasteiger partial charge in [-0.3, -0.25) is 9.69 Å². The largest absolute Gasteiger partial charge is 0.454 e. The molecule has 6 heteroatoms. The van der Waals surface area contributed by atoms with Crippen molar-refractivity contribution in [2.75, 3.05) is 26.4 Å². The summed E-state index contributed by atoms with van der Waals surface area (Å²) < 4.78 is 11.0. The summed E-state index contributed by atoms with van der Waals surface area (Å²) in [5.41, 5.74) is 3.03. The number of ether oxygens (including phenoxy) is 2. The van der Waals surface area contributed by atoms with E-state index in [1.165, 1.54) is 0 Å². The van der Waals surface area contributed by atoms with Crippen molar-refractivity contribution in [3.05, 3.63) is 59.7 Å². The van der Waals surface area contributed by atoms with Crippen LogP contribution in [0.25, 0.3) is 0 Å². The van der Waals surface area contributed by atoms with Crippen molar-refractivity contribution in [3.63, 3.8) is 0 Å². The summed E-state index contributed by atoms with van der Waals surface area (Å²) in [4.78, 5) is 15.6. The summed E-state index contributed by atoms with van der Waals surface area (Å²) in [6.45, 7) is 4.89. The fraction of sp³-hybridized carbons (Fsp3) is 0.417. The smallest absolute Gasteiger partial charge is 0.257 e. The lowest BCUT2D eigenvalue weighted by Crippen LogP contribution is -2.41. The predicted octanol–water partition coefficient (Wildman–Crippen LogP) is 3.82. The molecule has 1 atom stereocenters. The molecule has 3 heterocycles. The third kappa shape index (κ3) is 3.79. The van der Waals surface area contributed by atoms with Crippen LogP contribution in [0.1, 0.15) is 43.4 Å². The normalized spacial score (nSPS) is 21.7. The standard InChI is InChI=1S/C24H27N3O3/c1-17-9-11-26(12-10-17)15-24(28)27-21(14-20(25-27)18-5-3-2-4-6-18)19-7-8-22-23(13-19)30-16-29-22/h2-8,13,17,21H,9-12,14-16H2,1H3. The molecule has 156 valence electrons. The Morgan fingerprint density at radius 3 is 2.63 bits per heavy atom. The number of fused-ring (bicyclic) bond motifs is 1. The number of likely N-dealkylation sites (tertiary alicyclic amines) is 1. The molecule has 30 heavy (non-hydrogen) atoms. The van der Waals surface area contributed by atoms with Gasteiger partial charge in [0.15, 0.2) is 11.5 Å². The summed E-state index contributed by atoms with van der Waals surface area (Å²) in [7, 11) is 0. The van der Waals surface area contributed by atoms with Gasteiger partial charge in [0.05, 0.1) is 18.3 Å². The first-order chi connectivity index (χ1) is 14.7. The molecule has 0 aromatic heterocycles. The number of nitrogens with zero attached hydrogens (tertiary/aromatic N) is 3. The van der Waals surface area contributed by atoms with Crippen LogP contribution in [0.4, 0.5) is 0 Å². The Morgan fingerprint density at radius 1 is 1.07 bits per heavy atom. The zero-order chi connectivity index (χ0) is 20.5. The molecule has 1 unspecified atom stereocenters. The van der Waals surface area contributed by atoms with Crippen LogP contribution in [0, 0.1) is 5.92 Å². The van der Waals surface area contributed by atoms with Gasteiger partial charge >= 0.3 is 0 Å². The van der Waals surface area contributed by atoms with Crippen molar-refractivity contribution < 1.29 is 14.3 Å². The van der Waals surface area contributed by atoms with Crippen molar-refractivity contribution in [3.8, 4) is 11.5 Å². The maximum absolute atomic E-state index is 13.3. The summed E-state index contributed by atoms with van der Waals surface area (Å²) in [5, 5.41) is 6.48. The van der Waals surface area contributed by atoms with Crippen molar-refractivity contribution in [2.24, 2.45) is 11.0 Å². The fourth-order valence-corrected chi connectivity index (χ4v) is 4.41. The first kappa shape index (κ1) is 19.1. The lowest BCUT2D eigenvalue weighted by molar-refractivity contribution is -0.134. The molecular weight excluding hydrogens is 378 g/mol. The summed E-state index contributed by atoms with van der Waals surface area (Å²) in [6.07, 6.45) is 2.99. The zero-order valence-electron chi connectivity index (χ0n) is 17.3. The third-order valence-corrected chi connectivity index (χ3v) is 6.29. The quantitative estimate of drug-likeness (QED) is 0.776. The SMILES string of the molecule is CC1CCN(CC(=O)N2N=C(c3ccccc3)CC2c2ccc3c(c2)OCO3)CC1. The average Bonchev–Trinajstić information content (AvgIpc) is 3.43.